The predicted molar refractivity (Wildman–Crippen MR) is 107 cm³/mol. The van der Waals surface area contributed by atoms with Gasteiger partial charge in [-0.1, -0.05) is 11.6 Å². The van der Waals surface area contributed by atoms with Crippen molar-refractivity contribution in [3.63, 3.8) is 0 Å². The van der Waals surface area contributed by atoms with Gasteiger partial charge in [-0.2, -0.15) is 0 Å². The molecule has 0 aliphatic heterocycles. The number of ether oxygens (including phenoxy) is 1. The highest BCUT2D eigenvalue weighted by Gasteiger charge is 2.17. The van der Waals surface area contributed by atoms with E-state index in [0.29, 0.717) is 11.4 Å². The molecule has 3 aromatic rings. The minimum atomic E-state index is -1.14. The number of rotatable bonds is 5. The smallest absolute Gasteiger partial charge is 0.335 e. The number of nitrogens with zero attached hydrogens (tertiary/aromatic N) is 1. The molecule has 29 heavy (non-hydrogen) atoms. The number of hydrogen-bond donors (Lipinski definition) is 1. The first-order valence-electron chi connectivity index (χ1n) is 8.21. The van der Waals surface area contributed by atoms with Crippen molar-refractivity contribution in [2.45, 2.75) is 13.5 Å². The van der Waals surface area contributed by atoms with Crippen molar-refractivity contribution in [3.8, 4) is 11.4 Å². The fraction of sp³-hybridized carbons (Fsp3) is 0.100. The highest BCUT2D eigenvalue weighted by molar-refractivity contribution is 9.10. The first-order valence-corrected chi connectivity index (χ1v) is 9.38. The summed E-state index contributed by atoms with van der Waals surface area (Å²) in [7, 11) is 0. The summed E-state index contributed by atoms with van der Waals surface area (Å²) < 4.78 is 33.7. The van der Waals surface area contributed by atoms with Gasteiger partial charge in [0.15, 0.2) is 0 Å². The van der Waals surface area contributed by atoms with Crippen LogP contribution >= 0.6 is 27.5 Å². The molecular weight excluding hydrogens is 472 g/mol. The Morgan fingerprint density at radius 3 is 2.55 bits per heavy atom. The third-order valence-corrected chi connectivity index (χ3v) is 5.17. The minimum absolute atomic E-state index is 0.00945. The predicted octanol–water partition coefficient (Wildman–Crippen LogP) is 5.12. The molecule has 1 heterocycles. The van der Waals surface area contributed by atoms with Crippen molar-refractivity contribution in [2.75, 3.05) is 0 Å². The van der Waals surface area contributed by atoms with E-state index < -0.39 is 23.2 Å². The van der Waals surface area contributed by atoms with Gasteiger partial charge in [-0.05, 0) is 53.2 Å². The van der Waals surface area contributed by atoms with Gasteiger partial charge in [0.25, 0.3) is 5.56 Å². The Labute approximate surface area is 177 Å². The number of carbonyl (C=O) groups is 1. The van der Waals surface area contributed by atoms with E-state index in [4.69, 9.17) is 21.4 Å². The fourth-order valence-electron chi connectivity index (χ4n) is 2.70. The van der Waals surface area contributed by atoms with E-state index in [-0.39, 0.29) is 33.0 Å². The van der Waals surface area contributed by atoms with E-state index in [0.717, 1.165) is 12.1 Å². The van der Waals surface area contributed by atoms with E-state index in [1.807, 2.05) is 0 Å². The van der Waals surface area contributed by atoms with Gasteiger partial charge < -0.3 is 9.84 Å². The standard InChI is InChI=1S/C20H13BrClF2NO4/c1-10-6-17(29-9-12-2-4-13(23)8-15(12)24)18(21)19(26)25(10)16-5-3-11(20(27)28)7-14(16)22/h2-8H,9H2,1H3,(H,27,28). The number of hydrogen-bond acceptors (Lipinski definition) is 3. The molecular formula is C20H13BrClF2NO4. The number of carboxylic acids is 1. The van der Waals surface area contributed by atoms with Gasteiger partial charge in [-0.15, -0.1) is 0 Å². The molecule has 0 fully saturated rings. The highest BCUT2D eigenvalue weighted by atomic mass is 79.9. The molecule has 5 nitrogen and oxygen atoms in total. The zero-order valence-electron chi connectivity index (χ0n) is 14.9. The number of halogens is 4. The van der Waals surface area contributed by atoms with Gasteiger partial charge in [0.2, 0.25) is 0 Å². The maximum Gasteiger partial charge on any atom is 0.335 e. The van der Waals surface area contributed by atoms with Crippen LogP contribution in [0.3, 0.4) is 0 Å². The Balaban J connectivity index is 1.96. The number of aryl methyl sites for hydroxylation is 1. The van der Waals surface area contributed by atoms with Crippen molar-refractivity contribution in [3.05, 3.63) is 90.8 Å². The molecule has 2 aromatic carbocycles. The summed E-state index contributed by atoms with van der Waals surface area (Å²) in [6.07, 6.45) is 0. The summed E-state index contributed by atoms with van der Waals surface area (Å²) in [5.74, 6) is -2.42. The summed E-state index contributed by atoms with van der Waals surface area (Å²) in [4.78, 5) is 23.9. The lowest BCUT2D eigenvalue weighted by atomic mass is 10.2. The maximum absolute atomic E-state index is 13.8. The minimum Gasteiger partial charge on any atom is -0.487 e. The Hall–Kier alpha value is -2.71. The van der Waals surface area contributed by atoms with E-state index >= 15 is 0 Å². The molecule has 3 rings (SSSR count). The van der Waals surface area contributed by atoms with Crippen LogP contribution in [-0.4, -0.2) is 15.6 Å². The average Bonchev–Trinajstić information content (AvgIpc) is 2.65. The van der Waals surface area contributed by atoms with Gasteiger partial charge in [0.05, 0.1) is 16.3 Å². The lowest BCUT2D eigenvalue weighted by Gasteiger charge is -2.16. The molecule has 0 atom stereocenters. The lowest BCUT2D eigenvalue weighted by molar-refractivity contribution is 0.0697. The third-order valence-electron chi connectivity index (χ3n) is 4.13. The number of benzene rings is 2. The van der Waals surface area contributed by atoms with Crippen LogP contribution in [0.15, 0.2) is 51.7 Å². The van der Waals surface area contributed by atoms with Crippen LogP contribution in [0.25, 0.3) is 5.69 Å². The molecule has 0 saturated carbocycles. The van der Waals surface area contributed by atoms with E-state index in [2.05, 4.69) is 15.9 Å². The Bertz CT molecular complexity index is 1180. The number of carboxylic acid groups (broad SMARTS) is 1. The van der Waals surface area contributed by atoms with Crippen molar-refractivity contribution in [1.82, 2.24) is 4.57 Å². The van der Waals surface area contributed by atoms with Crippen LogP contribution in [0.4, 0.5) is 8.78 Å². The molecule has 0 aliphatic rings. The van der Waals surface area contributed by atoms with Crippen molar-refractivity contribution in [1.29, 1.82) is 0 Å². The number of aromatic nitrogens is 1. The fourth-order valence-corrected chi connectivity index (χ4v) is 3.37. The zero-order chi connectivity index (χ0) is 21.3. The normalized spacial score (nSPS) is 10.8. The highest BCUT2D eigenvalue weighted by Crippen LogP contribution is 2.28. The molecule has 0 unspecified atom stereocenters. The van der Waals surface area contributed by atoms with Crippen LogP contribution in [0.5, 0.6) is 5.75 Å². The van der Waals surface area contributed by atoms with Crippen LogP contribution in [-0.2, 0) is 6.61 Å². The Morgan fingerprint density at radius 1 is 1.21 bits per heavy atom. The largest absolute Gasteiger partial charge is 0.487 e. The second-order valence-corrected chi connectivity index (χ2v) is 7.30. The van der Waals surface area contributed by atoms with Crippen molar-refractivity contribution < 1.29 is 23.4 Å². The Kier molecular flexibility index (Phi) is 6.04. The SMILES string of the molecule is Cc1cc(OCc2ccc(F)cc2F)c(Br)c(=O)n1-c1ccc(C(=O)O)cc1Cl. The molecule has 0 aliphatic carbocycles. The van der Waals surface area contributed by atoms with Crippen LogP contribution in [0, 0.1) is 18.6 Å². The summed E-state index contributed by atoms with van der Waals surface area (Å²) >= 11 is 9.35. The number of aromatic carboxylic acids is 1. The van der Waals surface area contributed by atoms with E-state index in [1.165, 1.54) is 28.8 Å². The maximum atomic E-state index is 13.8. The number of pyridine rings is 1. The zero-order valence-corrected chi connectivity index (χ0v) is 17.2. The lowest BCUT2D eigenvalue weighted by Crippen LogP contribution is -2.22. The third kappa shape index (κ3) is 4.33. The summed E-state index contributed by atoms with van der Waals surface area (Å²) in [5, 5.41) is 9.14. The van der Waals surface area contributed by atoms with Crippen LogP contribution < -0.4 is 10.3 Å². The first kappa shape index (κ1) is 21.0. The molecule has 0 amide bonds. The van der Waals surface area contributed by atoms with Crippen LogP contribution in [0.1, 0.15) is 21.6 Å². The molecule has 150 valence electrons. The summed E-state index contributed by atoms with van der Waals surface area (Å²) in [6.45, 7) is 1.43. The monoisotopic (exact) mass is 483 g/mol. The second kappa shape index (κ2) is 8.34. The topological polar surface area (TPSA) is 68.5 Å². The second-order valence-electron chi connectivity index (χ2n) is 6.10. The van der Waals surface area contributed by atoms with Gasteiger partial charge in [-0.3, -0.25) is 9.36 Å². The molecule has 0 radical (unpaired) electrons. The van der Waals surface area contributed by atoms with Gasteiger partial charge >= 0.3 is 5.97 Å². The average molecular weight is 485 g/mol. The molecule has 0 bridgehead atoms. The van der Waals surface area contributed by atoms with E-state index in [1.54, 1.807) is 13.0 Å². The Morgan fingerprint density at radius 2 is 1.93 bits per heavy atom. The van der Waals surface area contributed by atoms with Crippen LogP contribution in [0.2, 0.25) is 5.02 Å². The van der Waals surface area contributed by atoms with Gasteiger partial charge in [0, 0.05) is 23.4 Å². The van der Waals surface area contributed by atoms with Crippen molar-refractivity contribution >= 4 is 33.5 Å². The molecule has 1 N–H and O–H groups in total. The van der Waals surface area contributed by atoms with Gasteiger partial charge in [-0.25, -0.2) is 13.6 Å². The molecule has 9 heteroatoms. The summed E-state index contributed by atoms with van der Waals surface area (Å²) in [5.41, 5.74) is 0.385. The summed E-state index contributed by atoms with van der Waals surface area (Å²) in [6, 6.07) is 8.69. The first-order chi connectivity index (χ1) is 13.7. The molecule has 1 aromatic heterocycles. The van der Waals surface area contributed by atoms with Crippen molar-refractivity contribution in [2.24, 2.45) is 0 Å². The molecule has 0 saturated heterocycles. The van der Waals surface area contributed by atoms with Gasteiger partial charge in [0.1, 0.15) is 28.5 Å². The quantitative estimate of drug-likeness (QED) is 0.546. The van der Waals surface area contributed by atoms with E-state index in [9.17, 15) is 18.4 Å². The molecule has 0 spiro atoms.